The molecule has 0 aromatic carbocycles. The molecule has 0 bridgehead atoms. The molecular weight excluding hydrogens is 280 g/mol. The lowest BCUT2D eigenvalue weighted by molar-refractivity contribution is -0.137. The second-order valence-electron chi connectivity index (χ2n) is 5.93. The summed E-state index contributed by atoms with van der Waals surface area (Å²) in [5, 5.41) is 18.3. The molecule has 0 aromatic heterocycles. The van der Waals surface area contributed by atoms with Crippen LogP contribution in [0.5, 0.6) is 0 Å². The first-order valence-electron chi connectivity index (χ1n) is 8.53. The van der Waals surface area contributed by atoms with Crippen LogP contribution in [0.15, 0.2) is 24.3 Å². The molecule has 1 heterocycles. The van der Waals surface area contributed by atoms with Crippen LogP contribution in [0.4, 0.5) is 0 Å². The molecule has 1 aliphatic heterocycles. The molecule has 1 fully saturated rings. The van der Waals surface area contributed by atoms with Crippen LogP contribution in [0.25, 0.3) is 0 Å². The van der Waals surface area contributed by atoms with E-state index in [4.69, 9.17) is 9.84 Å². The minimum absolute atomic E-state index is 0.191. The third-order valence-electron chi connectivity index (χ3n) is 3.81. The van der Waals surface area contributed by atoms with Crippen molar-refractivity contribution in [1.82, 2.24) is 0 Å². The minimum atomic E-state index is -0.730. The van der Waals surface area contributed by atoms with Gasteiger partial charge in [0.15, 0.2) is 0 Å². The summed E-state index contributed by atoms with van der Waals surface area (Å²) >= 11 is 0. The van der Waals surface area contributed by atoms with Crippen LogP contribution in [0, 0.1) is 0 Å². The summed E-state index contributed by atoms with van der Waals surface area (Å²) in [7, 11) is 0. The summed E-state index contributed by atoms with van der Waals surface area (Å²) in [5.41, 5.74) is 0. The number of hydrogen-bond donors (Lipinski definition) is 2. The van der Waals surface area contributed by atoms with Gasteiger partial charge in [-0.25, -0.2) is 0 Å². The maximum absolute atomic E-state index is 10.3. The van der Waals surface area contributed by atoms with Crippen LogP contribution < -0.4 is 0 Å². The molecule has 4 nitrogen and oxygen atoms in total. The summed E-state index contributed by atoms with van der Waals surface area (Å²) < 4.78 is 5.53. The number of aliphatic hydroxyl groups excluding tert-OH is 1. The summed E-state index contributed by atoms with van der Waals surface area (Å²) in [5.74, 6) is -0.730. The summed E-state index contributed by atoms with van der Waals surface area (Å²) in [6.45, 7) is 2.19. The van der Waals surface area contributed by atoms with Gasteiger partial charge >= 0.3 is 5.97 Å². The van der Waals surface area contributed by atoms with Gasteiger partial charge in [0.1, 0.15) is 6.10 Å². The fourth-order valence-electron chi connectivity index (χ4n) is 2.39. The number of unbranched alkanes of at least 4 members (excludes halogenated alkanes) is 5. The largest absolute Gasteiger partial charge is 0.481 e. The van der Waals surface area contributed by atoms with Gasteiger partial charge in [-0.3, -0.25) is 4.79 Å². The van der Waals surface area contributed by atoms with Crippen molar-refractivity contribution in [2.75, 3.05) is 0 Å². The average Bonchev–Trinajstić information content (AvgIpc) is 3.22. The van der Waals surface area contributed by atoms with Gasteiger partial charge in [0, 0.05) is 6.42 Å². The number of carboxylic acid groups (broad SMARTS) is 1. The van der Waals surface area contributed by atoms with Gasteiger partial charge in [0.25, 0.3) is 0 Å². The summed E-state index contributed by atoms with van der Waals surface area (Å²) in [6.07, 6.45) is 16.0. The minimum Gasteiger partial charge on any atom is -0.481 e. The number of allylic oxidation sites excluding steroid dienone is 1. The van der Waals surface area contributed by atoms with Crippen molar-refractivity contribution < 1.29 is 19.7 Å². The van der Waals surface area contributed by atoms with E-state index in [1.807, 2.05) is 12.2 Å². The van der Waals surface area contributed by atoms with E-state index in [9.17, 15) is 9.90 Å². The number of aliphatic carboxylic acids is 1. The molecular formula is C18H30O4. The van der Waals surface area contributed by atoms with Crippen LogP contribution in [-0.4, -0.2) is 34.5 Å². The highest BCUT2D eigenvalue weighted by atomic mass is 16.6. The number of carboxylic acids is 1. The lowest BCUT2D eigenvalue weighted by Gasteiger charge is -1.98. The third-order valence-corrected chi connectivity index (χ3v) is 3.81. The number of epoxide rings is 1. The van der Waals surface area contributed by atoms with E-state index in [0.717, 1.165) is 32.1 Å². The second kappa shape index (κ2) is 11.4. The molecule has 3 unspecified atom stereocenters. The highest BCUT2D eigenvalue weighted by Crippen LogP contribution is 2.28. The zero-order chi connectivity index (χ0) is 16.2. The molecule has 0 spiro atoms. The van der Waals surface area contributed by atoms with E-state index < -0.39 is 12.1 Å². The van der Waals surface area contributed by atoms with Crippen molar-refractivity contribution in [2.45, 2.75) is 83.0 Å². The van der Waals surface area contributed by atoms with Crippen molar-refractivity contribution in [1.29, 1.82) is 0 Å². The van der Waals surface area contributed by atoms with E-state index >= 15 is 0 Å². The monoisotopic (exact) mass is 310 g/mol. The van der Waals surface area contributed by atoms with Gasteiger partial charge in [-0.2, -0.15) is 0 Å². The van der Waals surface area contributed by atoms with Gasteiger partial charge in [-0.15, -0.1) is 0 Å². The molecule has 0 radical (unpaired) electrons. The number of carbonyl (C=O) groups is 1. The molecule has 126 valence electrons. The first-order chi connectivity index (χ1) is 10.6. The maximum Gasteiger partial charge on any atom is 0.303 e. The van der Waals surface area contributed by atoms with Gasteiger partial charge in [0.05, 0.1) is 12.2 Å². The Labute approximate surface area is 133 Å². The third kappa shape index (κ3) is 9.74. The van der Waals surface area contributed by atoms with E-state index in [2.05, 4.69) is 6.92 Å². The van der Waals surface area contributed by atoms with Gasteiger partial charge in [-0.05, 0) is 25.7 Å². The Morgan fingerprint density at radius 2 is 2.00 bits per heavy atom. The Morgan fingerprint density at radius 1 is 1.18 bits per heavy atom. The van der Waals surface area contributed by atoms with Crippen LogP contribution in [0.1, 0.15) is 64.7 Å². The first kappa shape index (κ1) is 18.9. The van der Waals surface area contributed by atoms with E-state index in [1.165, 1.54) is 19.3 Å². The van der Waals surface area contributed by atoms with Crippen LogP contribution in [-0.2, 0) is 9.53 Å². The molecule has 0 aromatic rings. The van der Waals surface area contributed by atoms with Crippen LogP contribution in [0.2, 0.25) is 0 Å². The Kier molecular flexibility index (Phi) is 9.84. The molecule has 22 heavy (non-hydrogen) atoms. The van der Waals surface area contributed by atoms with Crippen molar-refractivity contribution in [3.8, 4) is 0 Å². The Bertz CT molecular complexity index is 362. The van der Waals surface area contributed by atoms with Gasteiger partial charge < -0.3 is 14.9 Å². The van der Waals surface area contributed by atoms with E-state index in [0.29, 0.717) is 6.10 Å². The maximum atomic E-state index is 10.3. The smallest absolute Gasteiger partial charge is 0.303 e. The Balaban J connectivity index is 2.01. The standard InChI is InChI=1S/C18H30O4/c1-2-3-7-11-16-17(22-16)14-13-15(19)10-8-5-4-6-9-12-18(20)21/h8,10,13-17,19H,2-7,9,11-12H2,1H3,(H,20,21). The number of ether oxygens (including phenoxy) is 1. The highest BCUT2D eigenvalue weighted by Gasteiger charge is 2.35. The molecule has 1 aliphatic rings. The average molecular weight is 310 g/mol. The molecule has 0 aliphatic carbocycles. The van der Waals surface area contributed by atoms with Crippen molar-refractivity contribution in [3.63, 3.8) is 0 Å². The zero-order valence-corrected chi connectivity index (χ0v) is 13.6. The molecule has 2 N–H and O–H groups in total. The molecule has 1 saturated heterocycles. The number of aliphatic hydroxyl groups is 1. The molecule has 1 rings (SSSR count). The Morgan fingerprint density at radius 3 is 2.73 bits per heavy atom. The predicted octanol–water partition coefficient (Wildman–Crippen LogP) is 3.84. The van der Waals surface area contributed by atoms with Crippen molar-refractivity contribution >= 4 is 5.97 Å². The van der Waals surface area contributed by atoms with Crippen molar-refractivity contribution in [2.24, 2.45) is 0 Å². The highest BCUT2D eigenvalue weighted by molar-refractivity contribution is 5.66. The summed E-state index contributed by atoms with van der Waals surface area (Å²) in [4.78, 5) is 10.3. The molecule has 0 amide bonds. The fraction of sp³-hybridized carbons (Fsp3) is 0.722. The quantitative estimate of drug-likeness (QED) is 0.308. The van der Waals surface area contributed by atoms with Crippen molar-refractivity contribution in [3.05, 3.63) is 24.3 Å². The fourth-order valence-corrected chi connectivity index (χ4v) is 2.39. The zero-order valence-electron chi connectivity index (χ0n) is 13.6. The number of hydrogen-bond acceptors (Lipinski definition) is 3. The Hall–Kier alpha value is -1.13. The van der Waals surface area contributed by atoms with Crippen LogP contribution >= 0.6 is 0 Å². The molecule has 4 heteroatoms. The van der Waals surface area contributed by atoms with E-state index in [1.54, 1.807) is 12.2 Å². The van der Waals surface area contributed by atoms with Gasteiger partial charge in [0.2, 0.25) is 0 Å². The predicted molar refractivity (Wildman–Crippen MR) is 87.8 cm³/mol. The molecule has 0 saturated carbocycles. The topological polar surface area (TPSA) is 70.1 Å². The van der Waals surface area contributed by atoms with Gasteiger partial charge in [-0.1, -0.05) is 56.9 Å². The lowest BCUT2D eigenvalue weighted by Crippen LogP contribution is -1.98. The normalized spacial score (nSPS) is 22.5. The van der Waals surface area contributed by atoms with E-state index in [-0.39, 0.29) is 12.5 Å². The van der Waals surface area contributed by atoms with Crippen LogP contribution in [0.3, 0.4) is 0 Å². The summed E-state index contributed by atoms with van der Waals surface area (Å²) in [6, 6.07) is 0. The first-order valence-corrected chi connectivity index (χ1v) is 8.53. The second-order valence-corrected chi connectivity index (χ2v) is 5.93. The molecule has 3 atom stereocenters. The SMILES string of the molecule is CCCCCC1OC1C=CC(O)C=CCCCCCC(=O)O. The lowest BCUT2D eigenvalue weighted by atomic mass is 10.1. The number of rotatable bonds is 13.